The molecule has 1 heterocycles. The molecule has 1 amide bonds. The highest BCUT2D eigenvalue weighted by Crippen LogP contribution is 2.21. The Morgan fingerprint density at radius 3 is 2.38 bits per heavy atom. The van der Waals surface area contributed by atoms with Gasteiger partial charge in [0.1, 0.15) is 0 Å². The van der Waals surface area contributed by atoms with Gasteiger partial charge in [-0.15, -0.1) is 0 Å². The fourth-order valence-corrected chi connectivity index (χ4v) is 3.05. The topological polar surface area (TPSA) is 66.7 Å². The molecular formula is C19H18ClN3O3. The molecule has 0 spiro atoms. The lowest BCUT2D eigenvalue weighted by molar-refractivity contribution is -0.384. The van der Waals surface area contributed by atoms with Crippen LogP contribution in [0.4, 0.5) is 11.4 Å². The summed E-state index contributed by atoms with van der Waals surface area (Å²) in [6.45, 7) is 2.59. The molecule has 6 nitrogen and oxygen atoms in total. The molecule has 0 radical (unpaired) electrons. The van der Waals surface area contributed by atoms with Crippen LogP contribution in [0, 0.1) is 10.1 Å². The van der Waals surface area contributed by atoms with E-state index in [1.807, 2.05) is 12.1 Å². The Bertz CT molecular complexity index is 828. The number of non-ortho nitro benzene ring substituents is 1. The van der Waals surface area contributed by atoms with E-state index in [1.54, 1.807) is 41.3 Å². The number of carbonyl (C=O) groups excluding carboxylic acids is 1. The van der Waals surface area contributed by atoms with Crippen LogP contribution >= 0.6 is 11.6 Å². The van der Waals surface area contributed by atoms with E-state index in [1.165, 1.54) is 12.1 Å². The van der Waals surface area contributed by atoms with E-state index in [0.29, 0.717) is 31.2 Å². The van der Waals surface area contributed by atoms with Crippen molar-refractivity contribution in [3.05, 3.63) is 75.3 Å². The molecule has 134 valence electrons. The summed E-state index contributed by atoms with van der Waals surface area (Å²) in [7, 11) is 0. The van der Waals surface area contributed by atoms with Crippen molar-refractivity contribution in [1.82, 2.24) is 4.90 Å². The zero-order chi connectivity index (χ0) is 18.5. The first-order chi connectivity index (χ1) is 12.5. The molecule has 1 aliphatic heterocycles. The van der Waals surface area contributed by atoms with E-state index >= 15 is 0 Å². The fraction of sp³-hybridized carbons (Fsp3) is 0.211. The minimum atomic E-state index is -0.410. The van der Waals surface area contributed by atoms with E-state index in [2.05, 4.69) is 4.90 Å². The van der Waals surface area contributed by atoms with Gasteiger partial charge < -0.3 is 9.80 Å². The van der Waals surface area contributed by atoms with Crippen LogP contribution in [0.5, 0.6) is 0 Å². The van der Waals surface area contributed by atoms with Gasteiger partial charge in [-0.3, -0.25) is 14.9 Å². The minimum absolute atomic E-state index is 0.0340. The SMILES string of the molecule is O=C(C=Cc1cccc(Cl)c1)N1CCN(c2ccc([N+](=O)[O-])cc2)CC1. The molecule has 1 fully saturated rings. The van der Waals surface area contributed by atoms with Crippen LogP contribution in [0.15, 0.2) is 54.6 Å². The summed E-state index contributed by atoms with van der Waals surface area (Å²) in [6.07, 6.45) is 3.32. The number of hydrogen-bond donors (Lipinski definition) is 0. The van der Waals surface area contributed by atoms with Crippen molar-refractivity contribution in [1.29, 1.82) is 0 Å². The lowest BCUT2D eigenvalue weighted by atomic mass is 10.2. The highest BCUT2D eigenvalue weighted by atomic mass is 35.5. The Balaban J connectivity index is 1.56. The smallest absolute Gasteiger partial charge is 0.269 e. The maximum atomic E-state index is 12.3. The van der Waals surface area contributed by atoms with Crippen molar-refractivity contribution in [2.24, 2.45) is 0 Å². The van der Waals surface area contributed by atoms with E-state index in [4.69, 9.17) is 11.6 Å². The van der Waals surface area contributed by atoms with Crippen LogP contribution in [0.1, 0.15) is 5.56 Å². The number of anilines is 1. The molecule has 26 heavy (non-hydrogen) atoms. The lowest BCUT2D eigenvalue weighted by Gasteiger charge is -2.35. The molecule has 0 N–H and O–H groups in total. The van der Waals surface area contributed by atoms with Gasteiger partial charge in [0, 0.05) is 55.1 Å². The van der Waals surface area contributed by atoms with Gasteiger partial charge in [0.15, 0.2) is 0 Å². The van der Waals surface area contributed by atoms with Crippen molar-refractivity contribution in [2.75, 3.05) is 31.1 Å². The van der Waals surface area contributed by atoms with Gasteiger partial charge >= 0.3 is 0 Å². The number of nitro groups is 1. The van der Waals surface area contributed by atoms with Gasteiger partial charge in [0.05, 0.1) is 4.92 Å². The molecule has 0 aromatic heterocycles. The molecule has 1 aliphatic rings. The predicted octanol–water partition coefficient (Wildman–Crippen LogP) is 3.61. The summed E-state index contributed by atoms with van der Waals surface area (Å²) in [6, 6.07) is 13.8. The van der Waals surface area contributed by atoms with Crippen LogP contribution in [-0.2, 0) is 4.79 Å². The largest absolute Gasteiger partial charge is 0.368 e. The first kappa shape index (κ1) is 17.9. The zero-order valence-electron chi connectivity index (χ0n) is 14.0. The first-order valence-corrected chi connectivity index (χ1v) is 8.63. The highest BCUT2D eigenvalue weighted by molar-refractivity contribution is 6.30. The van der Waals surface area contributed by atoms with Gasteiger partial charge in [-0.1, -0.05) is 23.7 Å². The summed E-state index contributed by atoms with van der Waals surface area (Å²) in [5.41, 5.74) is 1.89. The maximum Gasteiger partial charge on any atom is 0.269 e. The number of rotatable bonds is 4. The third-order valence-electron chi connectivity index (χ3n) is 4.28. The van der Waals surface area contributed by atoms with E-state index in [9.17, 15) is 14.9 Å². The Hall–Kier alpha value is -2.86. The first-order valence-electron chi connectivity index (χ1n) is 8.25. The monoisotopic (exact) mass is 371 g/mol. The Labute approximate surface area is 156 Å². The normalized spacial score (nSPS) is 14.7. The third-order valence-corrected chi connectivity index (χ3v) is 4.52. The number of nitro benzene ring substituents is 1. The van der Waals surface area contributed by atoms with Crippen molar-refractivity contribution < 1.29 is 9.72 Å². The quantitative estimate of drug-likeness (QED) is 0.468. The number of carbonyl (C=O) groups is 1. The number of nitrogens with zero attached hydrogens (tertiary/aromatic N) is 3. The van der Waals surface area contributed by atoms with E-state index in [-0.39, 0.29) is 11.6 Å². The number of hydrogen-bond acceptors (Lipinski definition) is 4. The average molecular weight is 372 g/mol. The standard InChI is InChI=1S/C19H18ClN3O3/c20-16-3-1-2-15(14-16)4-9-19(24)22-12-10-21(11-13-22)17-5-7-18(8-6-17)23(25)26/h1-9,14H,10-13H2. The second-order valence-corrected chi connectivity index (χ2v) is 6.41. The van der Waals surface area contributed by atoms with Gasteiger partial charge in [-0.05, 0) is 35.9 Å². The number of amides is 1. The van der Waals surface area contributed by atoms with Crippen molar-refractivity contribution in [2.45, 2.75) is 0 Å². The number of halogens is 1. The van der Waals surface area contributed by atoms with Crippen LogP contribution in [0.2, 0.25) is 5.02 Å². The molecule has 0 atom stereocenters. The van der Waals surface area contributed by atoms with E-state index < -0.39 is 4.92 Å². The number of piperazine rings is 1. The van der Waals surface area contributed by atoms with Gasteiger partial charge in [-0.25, -0.2) is 0 Å². The van der Waals surface area contributed by atoms with E-state index in [0.717, 1.165) is 11.3 Å². The predicted molar refractivity (Wildman–Crippen MR) is 102 cm³/mol. The summed E-state index contributed by atoms with van der Waals surface area (Å²) >= 11 is 5.94. The van der Waals surface area contributed by atoms with Gasteiger partial charge in [-0.2, -0.15) is 0 Å². The second kappa shape index (κ2) is 8.01. The van der Waals surface area contributed by atoms with Crippen LogP contribution in [0.25, 0.3) is 6.08 Å². The fourth-order valence-electron chi connectivity index (χ4n) is 2.85. The Kier molecular flexibility index (Phi) is 5.53. The molecule has 7 heteroatoms. The van der Waals surface area contributed by atoms with Crippen LogP contribution in [0.3, 0.4) is 0 Å². The number of benzene rings is 2. The molecular weight excluding hydrogens is 354 g/mol. The van der Waals surface area contributed by atoms with Crippen molar-refractivity contribution in [3.8, 4) is 0 Å². The molecule has 0 aliphatic carbocycles. The van der Waals surface area contributed by atoms with Crippen LogP contribution in [-0.4, -0.2) is 41.9 Å². The van der Waals surface area contributed by atoms with Crippen molar-refractivity contribution in [3.63, 3.8) is 0 Å². The zero-order valence-corrected chi connectivity index (χ0v) is 14.8. The molecule has 2 aromatic rings. The molecule has 0 bridgehead atoms. The lowest BCUT2D eigenvalue weighted by Crippen LogP contribution is -2.48. The Morgan fingerprint density at radius 2 is 1.77 bits per heavy atom. The summed E-state index contributed by atoms with van der Waals surface area (Å²) < 4.78 is 0. The third kappa shape index (κ3) is 4.40. The van der Waals surface area contributed by atoms with Crippen molar-refractivity contribution >= 4 is 35.0 Å². The van der Waals surface area contributed by atoms with Crippen LogP contribution < -0.4 is 4.90 Å². The Morgan fingerprint density at radius 1 is 1.08 bits per heavy atom. The molecule has 0 saturated carbocycles. The summed E-state index contributed by atoms with van der Waals surface area (Å²) in [5.74, 6) is -0.0340. The van der Waals surface area contributed by atoms with Gasteiger partial charge in [0.2, 0.25) is 5.91 Å². The molecule has 0 unspecified atom stereocenters. The van der Waals surface area contributed by atoms with Gasteiger partial charge in [0.25, 0.3) is 5.69 Å². The summed E-state index contributed by atoms with van der Waals surface area (Å²) in [5, 5.41) is 11.4. The summed E-state index contributed by atoms with van der Waals surface area (Å²) in [4.78, 5) is 26.6. The maximum absolute atomic E-state index is 12.3. The highest BCUT2D eigenvalue weighted by Gasteiger charge is 2.20. The molecule has 1 saturated heterocycles. The minimum Gasteiger partial charge on any atom is -0.368 e. The second-order valence-electron chi connectivity index (χ2n) is 5.97. The average Bonchev–Trinajstić information content (AvgIpc) is 2.66. The molecule has 2 aromatic carbocycles. The molecule has 3 rings (SSSR count).